The lowest BCUT2D eigenvalue weighted by molar-refractivity contribution is -0.137. The summed E-state index contributed by atoms with van der Waals surface area (Å²) < 4.78 is 4.97. The van der Waals surface area contributed by atoms with Crippen molar-refractivity contribution in [3.63, 3.8) is 0 Å². The average Bonchev–Trinajstić information content (AvgIpc) is 2.40. The Hall–Kier alpha value is -1.26. The second-order valence-electron chi connectivity index (χ2n) is 4.41. The minimum absolute atomic E-state index is 0.0267. The zero-order valence-corrected chi connectivity index (χ0v) is 9.32. The molecule has 86 valence electrons. The van der Waals surface area contributed by atoms with Gasteiger partial charge in [0.25, 0.3) is 0 Å². The molecule has 1 saturated heterocycles. The predicted molar refractivity (Wildman–Crippen MR) is 53.6 cm³/mol. The van der Waals surface area contributed by atoms with Gasteiger partial charge in [0.1, 0.15) is 6.61 Å². The quantitative estimate of drug-likeness (QED) is 0.771. The normalized spacial score (nSPS) is 25.9. The van der Waals surface area contributed by atoms with Crippen molar-refractivity contribution in [3.8, 4) is 0 Å². The van der Waals surface area contributed by atoms with E-state index in [1.54, 1.807) is 4.90 Å². The summed E-state index contributed by atoms with van der Waals surface area (Å²) in [6.45, 7) is 5.93. The molecule has 1 fully saturated rings. The van der Waals surface area contributed by atoms with Crippen LogP contribution in [0.1, 0.15) is 33.6 Å². The van der Waals surface area contributed by atoms with E-state index in [1.807, 2.05) is 20.8 Å². The van der Waals surface area contributed by atoms with Gasteiger partial charge in [0, 0.05) is 12.5 Å². The molecule has 0 aromatic rings. The number of aliphatic carboxylic acids is 1. The van der Waals surface area contributed by atoms with Crippen molar-refractivity contribution in [2.24, 2.45) is 0 Å². The Labute approximate surface area is 89.0 Å². The first-order chi connectivity index (χ1) is 6.87. The first kappa shape index (κ1) is 11.8. The molecule has 0 bridgehead atoms. The highest BCUT2D eigenvalue weighted by atomic mass is 16.6. The molecule has 5 heteroatoms. The standard InChI is InChI=1S/C10H17NO4/c1-7(2)11-9(14)15-6-10(11,3)5-4-8(12)13/h7H,4-6H2,1-3H3,(H,12,13). The maximum atomic E-state index is 11.4. The molecule has 0 aromatic heterocycles. The van der Waals surface area contributed by atoms with Crippen LogP contribution in [0.25, 0.3) is 0 Å². The van der Waals surface area contributed by atoms with E-state index in [9.17, 15) is 9.59 Å². The monoisotopic (exact) mass is 215 g/mol. The van der Waals surface area contributed by atoms with Gasteiger partial charge < -0.3 is 9.84 Å². The molecule has 1 atom stereocenters. The number of cyclic esters (lactones) is 1. The number of carboxylic acids is 1. The number of carbonyl (C=O) groups is 2. The minimum Gasteiger partial charge on any atom is -0.481 e. The first-order valence-corrected chi connectivity index (χ1v) is 5.05. The lowest BCUT2D eigenvalue weighted by atomic mass is 9.94. The molecule has 0 radical (unpaired) electrons. The maximum absolute atomic E-state index is 11.4. The summed E-state index contributed by atoms with van der Waals surface area (Å²) in [6, 6.07) is 0.0267. The lowest BCUT2D eigenvalue weighted by Crippen LogP contribution is -2.48. The number of carboxylic acid groups (broad SMARTS) is 1. The molecule has 1 aliphatic heterocycles. The van der Waals surface area contributed by atoms with E-state index < -0.39 is 11.5 Å². The van der Waals surface area contributed by atoms with Gasteiger partial charge in [0.05, 0.1) is 5.54 Å². The highest BCUT2D eigenvalue weighted by Gasteiger charge is 2.44. The van der Waals surface area contributed by atoms with Gasteiger partial charge in [-0.3, -0.25) is 9.69 Å². The van der Waals surface area contributed by atoms with Gasteiger partial charge in [0.2, 0.25) is 0 Å². The molecular formula is C10H17NO4. The molecule has 0 aromatic carbocycles. The number of hydrogen-bond acceptors (Lipinski definition) is 3. The van der Waals surface area contributed by atoms with Gasteiger partial charge in [-0.05, 0) is 27.2 Å². The Morgan fingerprint density at radius 2 is 2.27 bits per heavy atom. The van der Waals surface area contributed by atoms with E-state index in [0.29, 0.717) is 6.42 Å². The van der Waals surface area contributed by atoms with E-state index >= 15 is 0 Å². The van der Waals surface area contributed by atoms with Crippen molar-refractivity contribution in [2.45, 2.75) is 45.2 Å². The summed E-state index contributed by atoms with van der Waals surface area (Å²) in [6.07, 6.45) is 0.126. The second-order valence-corrected chi connectivity index (χ2v) is 4.41. The van der Waals surface area contributed by atoms with E-state index in [2.05, 4.69) is 0 Å². The summed E-state index contributed by atoms with van der Waals surface area (Å²) >= 11 is 0. The van der Waals surface area contributed by atoms with Gasteiger partial charge in [-0.25, -0.2) is 4.79 Å². The number of nitrogens with zero attached hydrogens (tertiary/aromatic N) is 1. The molecule has 1 N–H and O–H groups in total. The fraction of sp³-hybridized carbons (Fsp3) is 0.800. The van der Waals surface area contributed by atoms with E-state index in [4.69, 9.17) is 9.84 Å². The number of hydrogen-bond donors (Lipinski definition) is 1. The molecular weight excluding hydrogens is 198 g/mol. The summed E-state index contributed by atoms with van der Waals surface area (Å²) in [5, 5.41) is 8.63. The van der Waals surface area contributed by atoms with Crippen LogP contribution in [0.3, 0.4) is 0 Å². The molecule has 1 rings (SSSR count). The van der Waals surface area contributed by atoms with Crippen LogP contribution < -0.4 is 0 Å². The summed E-state index contributed by atoms with van der Waals surface area (Å²) in [7, 11) is 0. The Morgan fingerprint density at radius 3 is 2.73 bits per heavy atom. The van der Waals surface area contributed by atoms with Crippen LogP contribution >= 0.6 is 0 Å². The molecule has 0 spiro atoms. The van der Waals surface area contributed by atoms with Crippen molar-refractivity contribution in [1.29, 1.82) is 0 Å². The predicted octanol–water partition coefficient (Wildman–Crippen LogP) is 1.47. The van der Waals surface area contributed by atoms with Crippen LogP contribution in [0.2, 0.25) is 0 Å². The van der Waals surface area contributed by atoms with Crippen LogP contribution in [-0.2, 0) is 9.53 Å². The molecule has 0 saturated carbocycles. The number of amides is 1. The largest absolute Gasteiger partial charge is 0.481 e. The minimum atomic E-state index is -0.848. The maximum Gasteiger partial charge on any atom is 0.410 e. The topological polar surface area (TPSA) is 66.8 Å². The highest BCUT2D eigenvalue weighted by Crippen LogP contribution is 2.30. The summed E-state index contributed by atoms with van der Waals surface area (Å²) in [5.74, 6) is -0.848. The van der Waals surface area contributed by atoms with Gasteiger partial charge in [-0.1, -0.05) is 0 Å². The third kappa shape index (κ3) is 2.40. The van der Waals surface area contributed by atoms with Gasteiger partial charge >= 0.3 is 12.1 Å². The van der Waals surface area contributed by atoms with Crippen molar-refractivity contribution in [2.75, 3.05) is 6.61 Å². The SMILES string of the molecule is CC(C)N1C(=O)OCC1(C)CCC(=O)O. The third-order valence-electron chi connectivity index (χ3n) is 2.68. The van der Waals surface area contributed by atoms with Gasteiger partial charge in [-0.2, -0.15) is 0 Å². The molecule has 1 aliphatic rings. The Balaban J connectivity index is 2.73. The van der Waals surface area contributed by atoms with Crippen molar-refractivity contribution in [1.82, 2.24) is 4.90 Å². The summed E-state index contributed by atoms with van der Waals surface area (Å²) in [4.78, 5) is 23.6. The fourth-order valence-corrected chi connectivity index (χ4v) is 1.98. The van der Waals surface area contributed by atoms with Gasteiger partial charge in [-0.15, -0.1) is 0 Å². The Kier molecular flexibility index (Phi) is 3.21. The Morgan fingerprint density at radius 1 is 1.67 bits per heavy atom. The smallest absolute Gasteiger partial charge is 0.410 e. The van der Waals surface area contributed by atoms with Gasteiger partial charge in [0.15, 0.2) is 0 Å². The second kappa shape index (κ2) is 4.08. The zero-order chi connectivity index (χ0) is 11.6. The van der Waals surface area contributed by atoms with Crippen LogP contribution in [0.15, 0.2) is 0 Å². The van der Waals surface area contributed by atoms with Crippen molar-refractivity contribution < 1.29 is 19.4 Å². The fourth-order valence-electron chi connectivity index (χ4n) is 1.98. The van der Waals surface area contributed by atoms with Crippen LogP contribution in [0.5, 0.6) is 0 Å². The number of ether oxygens (including phenoxy) is 1. The molecule has 1 amide bonds. The van der Waals surface area contributed by atoms with Crippen LogP contribution in [-0.4, -0.2) is 40.3 Å². The first-order valence-electron chi connectivity index (χ1n) is 5.05. The van der Waals surface area contributed by atoms with Crippen molar-refractivity contribution >= 4 is 12.1 Å². The summed E-state index contributed by atoms with van der Waals surface area (Å²) in [5.41, 5.74) is -0.482. The van der Waals surface area contributed by atoms with Crippen LogP contribution in [0, 0.1) is 0 Å². The molecule has 1 unspecified atom stereocenters. The molecule has 0 aliphatic carbocycles. The van der Waals surface area contributed by atoms with E-state index in [1.165, 1.54) is 0 Å². The van der Waals surface area contributed by atoms with E-state index in [-0.39, 0.29) is 25.2 Å². The average molecular weight is 215 g/mol. The van der Waals surface area contributed by atoms with E-state index in [0.717, 1.165) is 0 Å². The highest BCUT2D eigenvalue weighted by molar-refractivity contribution is 5.72. The number of carbonyl (C=O) groups excluding carboxylic acids is 1. The molecule has 5 nitrogen and oxygen atoms in total. The third-order valence-corrected chi connectivity index (χ3v) is 2.68. The van der Waals surface area contributed by atoms with Crippen molar-refractivity contribution in [3.05, 3.63) is 0 Å². The Bertz CT molecular complexity index is 277. The lowest BCUT2D eigenvalue weighted by Gasteiger charge is -2.34. The zero-order valence-electron chi connectivity index (χ0n) is 9.32. The number of rotatable bonds is 4. The molecule has 1 heterocycles. The molecule has 15 heavy (non-hydrogen) atoms. The van der Waals surface area contributed by atoms with Crippen LogP contribution in [0.4, 0.5) is 4.79 Å².